The zero-order chi connectivity index (χ0) is 20.5. The van der Waals surface area contributed by atoms with Crippen molar-refractivity contribution in [1.82, 2.24) is 24.5 Å². The van der Waals surface area contributed by atoms with Gasteiger partial charge in [-0.1, -0.05) is 6.07 Å². The summed E-state index contributed by atoms with van der Waals surface area (Å²) < 4.78 is 55.8. The Morgan fingerprint density at radius 1 is 0.897 bits per heavy atom. The van der Waals surface area contributed by atoms with E-state index in [-0.39, 0.29) is 9.79 Å². The second kappa shape index (κ2) is 7.54. The van der Waals surface area contributed by atoms with Gasteiger partial charge in [0.1, 0.15) is 6.33 Å². The molecule has 0 atom stereocenters. The van der Waals surface area contributed by atoms with Crippen molar-refractivity contribution < 1.29 is 16.8 Å². The fourth-order valence-electron chi connectivity index (χ4n) is 3.07. The molecule has 12 heteroatoms. The van der Waals surface area contributed by atoms with Crippen molar-refractivity contribution >= 4 is 25.7 Å². The lowest BCUT2D eigenvalue weighted by atomic mass is 10.3. The van der Waals surface area contributed by atoms with Crippen LogP contribution in [0.5, 0.6) is 0 Å². The van der Waals surface area contributed by atoms with E-state index in [1.807, 2.05) is 0 Å². The first kappa shape index (κ1) is 19.5. The number of tetrazole rings is 1. The zero-order valence-electron chi connectivity index (χ0n) is 15.2. The van der Waals surface area contributed by atoms with E-state index in [4.69, 9.17) is 0 Å². The van der Waals surface area contributed by atoms with Crippen molar-refractivity contribution in [3.8, 4) is 5.69 Å². The molecular weight excluding hydrogens is 416 g/mol. The summed E-state index contributed by atoms with van der Waals surface area (Å²) in [5.41, 5.74) is 0.911. The monoisotopic (exact) mass is 434 g/mol. The van der Waals surface area contributed by atoms with E-state index in [0.29, 0.717) is 24.5 Å². The molecule has 1 saturated heterocycles. The molecule has 0 saturated carbocycles. The van der Waals surface area contributed by atoms with E-state index in [9.17, 15) is 16.8 Å². The number of benzene rings is 2. The minimum atomic E-state index is -3.90. The molecule has 0 aliphatic carbocycles. The summed E-state index contributed by atoms with van der Waals surface area (Å²) in [4.78, 5) is 0.0460. The van der Waals surface area contributed by atoms with Crippen molar-refractivity contribution in [3.63, 3.8) is 0 Å². The van der Waals surface area contributed by atoms with E-state index >= 15 is 0 Å². The number of anilines is 1. The highest BCUT2D eigenvalue weighted by molar-refractivity contribution is 7.92. The van der Waals surface area contributed by atoms with Crippen LogP contribution in [0.25, 0.3) is 5.69 Å². The summed E-state index contributed by atoms with van der Waals surface area (Å²) in [5, 5.41) is 10.9. The lowest BCUT2D eigenvalue weighted by Gasteiger charge is -2.16. The topological polar surface area (TPSA) is 127 Å². The van der Waals surface area contributed by atoms with Gasteiger partial charge in [-0.2, -0.15) is 4.31 Å². The highest BCUT2D eigenvalue weighted by Crippen LogP contribution is 2.23. The predicted molar refractivity (Wildman–Crippen MR) is 104 cm³/mol. The van der Waals surface area contributed by atoms with Crippen molar-refractivity contribution in [2.24, 2.45) is 0 Å². The van der Waals surface area contributed by atoms with Crippen LogP contribution >= 0.6 is 0 Å². The van der Waals surface area contributed by atoms with Gasteiger partial charge in [0.25, 0.3) is 10.0 Å². The smallest absolute Gasteiger partial charge is 0.261 e. The Balaban J connectivity index is 1.56. The number of nitrogens with zero attached hydrogens (tertiary/aromatic N) is 5. The largest absolute Gasteiger partial charge is 0.280 e. The summed E-state index contributed by atoms with van der Waals surface area (Å²) in [6, 6.07) is 11.8. The van der Waals surface area contributed by atoms with E-state index in [1.54, 1.807) is 24.3 Å². The summed E-state index contributed by atoms with van der Waals surface area (Å²) >= 11 is 0. The highest BCUT2D eigenvalue weighted by atomic mass is 32.2. The maximum Gasteiger partial charge on any atom is 0.261 e. The van der Waals surface area contributed by atoms with Gasteiger partial charge in [0.2, 0.25) is 10.0 Å². The van der Waals surface area contributed by atoms with Gasteiger partial charge < -0.3 is 0 Å². The standard InChI is InChI=1S/C17H18N6O4S2/c24-28(25,19-14-4-3-5-15(12-14)23-13-18-20-21-23)16-6-8-17(9-7-16)29(26,27)22-10-1-2-11-22/h3-9,12-13,19H,1-2,10-11H2. The van der Waals surface area contributed by atoms with Crippen molar-refractivity contribution in [2.45, 2.75) is 22.6 Å². The van der Waals surface area contributed by atoms with Crippen LogP contribution in [0.3, 0.4) is 0 Å². The Kier molecular flexibility index (Phi) is 5.06. The Morgan fingerprint density at radius 2 is 1.59 bits per heavy atom. The molecule has 1 aliphatic heterocycles. The average Bonchev–Trinajstić information content (AvgIpc) is 3.42. The van der Waals surface area contributed by atoms with Gasteiger partial charge in [-0.05, 0) is 65.7 Å². The van der Waals surface area contributed by atoms with Crippen molar-refractivity contribution in [3.05, 3.63) is 54.9 Å². The van der Waals surface area contributed by atoms with Gasteiger partial charge in [-0.15, -0.1) is 5.10 Å². The number of sulfonamides is 2. The molecule has 152 valence electrons. The van der Waals surface area contributed by atoms with Crippen molar-refractivity contribution in [1.29, 1.82) is 0 Å². The molecule has 0 amide bonds. The minimum absolute atomic E-state index is 0.0364. The van der Waals surface area contributed by atoms with Gasteiger partial charge in [-0.3, -0.25) is 4.72 Å². The number of rotatable bonds is 6. The number of hydrogen-bond acceptors (Lipinski definition) is 7. The molecule has 2 aromatic carbocycles. The van der Waals surface area contributed by atoms with Gasteiger partial charge in [-0.25, -0.2) is 21.5 Å². The second-order valence-electron chi connectivity index (χ2n) is 6.49. The maximum absolute atomic E-state index is 12.7. The van der Waals surface area contributed by atoms with Crippen LogP contribution < -0.4 is 4.72 Å². The molecule has 0 radical (unpaired) electrons. The molecule has 3 aromatic rings. The van der Waals surface area contributed by atoms with Crippen LogP contribution in [0.15, 0.2) is 64.6 Å². The normalized spacial score (nSPS) is 15.4. The SMILES string of the molecule is O=S(=O)(Nc1cccc(-n2cnnn2)c1)c1ccc(S(=O)(=O)N2CCCC2)cc1. The molecule has 0 unspecified atom stereocenters. The first-order chi connectivity index (χ1) is 13.9. The molecule has 4 rings (SSSR count). The summed E-state index contributed by atoms with van der Waals surface area (Å²) in [6.45, 7) is 0.975. The van der Waals surface area contributed by atoms with Gasteiger partial charge >= 0.3 is 0 Å². The lowest BCUT2D eigenvalue weighted by Crippen LogP contribution is -2.27. The van der Waals surface area contributed by atoms with Crippen molar-refractivity contribution in [2.75, 3.05) is 17.8 Å². The van der Waals surface area contributed by atoms with Crippen LogP contribution in [-0.2, 0) is 20.0 Å². The van der Waals surface area contributed by atoms with E-state index in [0.717, 1.165) is 12.8 Å². The molecule has 1 fully saturated rings. The Morgan fingerprint density at radius 3 is 2.24 bits per heavy atom. The summed E-state index contributed by atoms with van der Waals surface area (Å²) in [6.07, 6.45) is 3.06. The Hall–Kier alpha value is -2.83. The molecule has 0 spiro atoms. The Labute approximate surface area is 168 Å². The number of nitrogens with one attached hydrogen (secondary N) is 1. The summed E-state index contributed by atoms with van der Waals surface area (Å²) in [7, 11) is -7.49. The third-order valence-electron chi connectivity index (χ3n) is 4.55. The molecule has 2 heterocycles. The van der Waals surface area contributed by atoms with Crippen LogP contribution in [0.4, 0.5) is 5.69 Å². The number of hydrogen-bond donors (Lipinski definition) is 1. The maximum atomic E-state index is 12.7. The lowest BCUT2D eigenvalue weighted by molar-refractivity contribution is 0.477. The first-order valence-corrected chi connectivity index (χ1v) is 11.8. The quantitative estimate of drug-likeness (QED) is 0.618. The van der Waals surface area contributed by atoms with Crippen LogP contribution in [0, 0.1) is 0 Å². The average molecular weight is 435 g/mol. The molecule has 1 aromatic heterocycles. The molecule has 0 bridgehead atoms. The summed E-state index contributed by atoms with van der Waals surface area (Å²) in [5.74, 6) is 0. The molecular formula is C17H18N6O4S2. The van der Waals surface area contributed by atoms with Gasteiger partial charge in [0.15, 0.2) is 0 Å². The molecule has 1 aliphatic rings. The van der Waals surface area contributed by atoms with E-state index in [1.165, 1.54) is 39.6 Å². The third-order valence-corrected chi connectivity index (χ3v) is 7.86. The number of aromatic nitrogens is 4. The minimum Gasteiger partial charge on any atom is -0.280 e. The first-order valence-electron chi connectivity index (χ1n) is 8.83. The fraction of sp³-hybridized carbons (Fsp3) is 0.235. The molecule has 1 N–H and O–H groups in total. The second-order valence-corrected chi connectivity index (χ2v) is 10.1. The molecule has 29 heavy (non-hydrogen) atoms. The molecule has 10 nitrogen and oxygen atoms in total. The van der Waals surface area contributed by atoms with Crippen LogP contribution in [-0.4, -0.2) is 54.4 Å². The zero-order valence-corrected chi connectivity index (χ0v) is 16.8. The fourth-order valence-corrected chi connectivity index (χ4v) is 5.64. The van der Waals surface area contributed by atoms with E-state index in [2.05, 4.69) is 20.2 Å². The predicted octanol–water partition coefficient (Wildman–Crippen LogP) is 1.25. The van der Waals surface area contributed by atoms with Gasteiger partial charge in [0.05, 0.1) is 21.2 Å². The van der Waals surface area contributed by atoms with Crippen LogP contribution in [0.2, 0.25) is 0 Å². The van der Waals surface area contributed by atoms with E-state index < -0.39 is 20.0 Å². The third kappa shape index (κ3) is 3.99. The highest BCUT2D eigenvalue weighted by Gasteiger charge is 2.27. The van der Waals surface area contributed by atoms with Crippen LogP contribution in [0.1, 0.15) is 12.8 Å². The Bertz CT molecular complexity index is 1200. The van der Waals surface area contributed by atoms with Gasteiger partial charge in [0, 0.05) is 13.1 Å².